The Bertz CT molecular complexity index is 1500. The van der Waals surface area contributed by atoms with Gasteiger partial charge in [-0.1, -0.05) is 10.3 Å². The van der Waals surface area contributed by atoms with Gasteiger partial charge in [0.15, 0.2) is 5.69 Å². The maximum Gasteiger partial charge on any atom is 0.573 e. The lowest BCUT2D eigenvalue weighted by molar-refractivity contribution is -0.274. The predicted molar refractivity (Wildman–Crippen MR) is 124 cm³/mol. The number of hydrogen-bond acceptors (Lipinski definition) is 8. The Balaban J connectivity index is 1.27. The van der Waals surface area contributed by atoms with Crippen molar-refractivity contribution in [1.29, 1.82) is 0 Å². The molecule has 9 nitrogen and oxygen atoms in total. The highest BCUT2D eigenvalue weighted by Crippen LogP contribution is 2.27. The third-order valence-corrected chi connectivity index (χ3v) is 5.49. The first-order chi connectivity index (χ1) is 17.7. The number of alkyl halides is 3. The quantitative estimate of drug-likeness (QED) is 0.276. The first kappa shape index (κ1) is 24.2. The van der Waals surface area contributed by atoms with E-state index < -0.39 is 6.36 Å². The van der Waals surface area contributed by atoms with Crippen LogP contribution in [0.5, 0.6) is 5.75 Å². The van der Waals surface area contributed by atoms with E-state index in [4.69, 9.17) is 9.05 Å². The minimum Gasteiger partial charge on any atom is -0.406 e. The number of ether oxygens (including phenoxy) is 1. The van der Waals surface area contributed by atoms with E-state index in [9.17, 15) is 13.2 Å². The van der Waals surface area contributed by atoms with Gasteiger partial charge >= 0.3 is 6.36 Å². The first-order valence-corrected chi connectivity index (χ1v) is 11.3. The molecule has 5 rings (SSSR count). The van der Waals surface area contributed by atoms with Crippen LogP contribution < -0.4 is 4.74 Å². The Hall–Kier alpha value is -4.48. The summed E-state index contributed by atoms with van der Waals surface area (Å²) in [5, 5.41) is 12.4. The zero-order chi connectivity index (χ0) is 26.0. The lowest BCUT2D eigenvalue weighted by atomic mass is 10.1. The van der Waals surface area contributed by atoms with Crippen molar-refractivity contribution in [2.24, 2.45) is 0 Å². The summed E-state index contributed by atoms with van der Waals surface area (Å²) in [5.74, 6) is 0.912. The van der Waals surface area contributed by atoms with Crippen LogP contribution in [0.25, 0.3) is 23.0 Å². The average Bonchev–Trinajstić information content (AvgIpc) is 3.58. The molecule has 4 aromatic heterocycles. The molecule has 12 heteroatoms. The summed E-state index contributed by atoms with van der Waals surface area (Å²) >= 11 is 0. The smallest absolute Gasteiger partial charge is 0.406 e. The maximum atomic E-state index is 12.4. The van der Waals surface area contributed by atoms with Crippen LogP contribution in [0.15, 0.2) is 63.8 Å². The monoisotopic (exact) mass is 510 g/mol. The normalized spacial score (nSPS) is 11.7. The van der Waals surface area contributed by atoms with Gasteiger partial charge in [-0.25, -0.2) is 0 Å². The summed E-state index contributed by atoms with van der Waals surface area (Å²) in [7, 11) is 0. The van der Waals surface area contributed by atoms with Gasteiger partial charge < -0.3 is 13.8 Å². The molecule has 37 heavy (non-hydrogen) atoms. The fourth-order valence-electron chi connectivity index (χ4n) is 3.75. The van der Waals surface area contributed by atoms with E-state index in [0.29, 0.717) is 24.2 Å². The largest absolute Gasteiger partial charge is 0.573 e. The molecule has 0 aliphatic heterocycles. The van der Waals surface area contributed by atoms with Crippen molar-refractivity contribution in [3.8, 4) is 28.7 Å². The summed E-state index contributed by atoms with van der Waals surface area (Å²) in [6.07, 6.45) is -1.56. The fourth-order valence-corrected chi connectivity index (χ4v) is 3.75. The first-order valence-electron chi connectivity index (χ1n) is 11.3. The van der Waals surface area contributed by atoms with Crippen molar-refractivity contribution >= 4 is 0 Å². The van der Waals surface area contributed by atoms with Crippen LogP contribution in [-0.2, 0) is 19.4 Å². The molecule has 0 amide bonds. The molecule has 0 fully saturated rings. The zero-order valence-corrected chi connectivity index (χ0v) is 19.9. The van der Waals surface area contributed by atoms with E-state index in [1.54, 1.807) is 6.20 Å². The lowest BCUT2D eigenvalue weighted by Gasteiger charge is -2.08. The minimum absolute atomic E-state index is 0.199. The molecule has 0 radical (unpaired) electrons. The molecule has 0 N–H and O–H groups in total. The topological polar surface area (TPSA) is 105 Å². The third-order valence-electron chi connectivity index (χ3n) is 5.49. The number of hydrogen-bond donors (Lipinski definition) is 0. The van der Waals surface area contributed by atoms with Gasteiger partial charge in [0, 0.05) is 35.6 Å². The van der Waals surface area contributed by atoms with Crippen molar-refractivity contribution < 1.29 is 27.0 Å². The second kappa shape index (κ2) is 9.88. The lowest BCUT2D eigenvalue weighted by Crippen LogP contribution is -2.16. The molecule has 0 spiro atoms. The van der Waals surface area contributed by atoms with E-state index in [2.05, 4.69) is 30.1 Å². The number of aryl methyl sites for hydroxylation is 4. The molecule has 0 unspecified atom stereocenters. The second-order valence-electron chi connectivity index (χ2n) is 8.41. The van der Waals surface area contributed by atoms with Gasteiger partial charge in [-0.15, -0.1) is 13.2 Å². The number of benzene rings is 1. The van der Waals surface area contributed by atoms with E-state index in [-0.39, 0.29) is 17.5 Å². The molecule has 0 bridgehead atoms. The van der Waals surface area contributed by atoms with E-state index >= 15 is 0 Å². The molecule has 4 heterocycles. The molecular weight excluding hydrogens is 489 g/mol. The molecule has 0 atom stereocenters. The van der Waals surface area contributed by atoms with E-state index in [1.165, 1.54) is 24.3 Å². The van der Waals surface area contributed by atoms with Crippen molar-refractivity contribution in [3.05, 3.63) is 83.1 Å². The standard InChI is InChI=1S/C25H21F3N6O3/c1-15-11-21(36-32-15)8-5-19-13-17(9-10-29-19)14-34-16(2)12-22(31-34)24-30-23(33-37-24)18-3-6-20(7-4-18)35-25(26,27)28/h3-4,6-7,9-13H,5,8,14H2,1-2H3. The van der Waals surface area contributed by atoms with E-state index in [1.807, 2.05) is 42.8 Å². The Morgan fingerprint density at radius 2 is 1.76 bits per heavy atom. The van der Waals surface area contributed by atoms with Crippen molar-refractivity contribution in [3.63, 3.8) is 0 Å². The summed E-state index contributed by atoms with van der Waals surface area (Å²) < 4.78 is 53.4. The number of pyridine rings is 1. The molecule has 0 saturated heterocycles. The number of nitrogens with zero attached hydrogens (tertiary/aromatic N) is 6. The van der Waals surface area contributed by atoms with Crippen LogP contribution in [0.4, 0.5) is 13.2 Å². The van der Waals surface area contributed by atoms with Crippen LogP contribution in [0.2, 0.25) is 0 Å². The van der Waals surface area contributed by atoms with Gasteiger partial charge in [-0.2, -0.15) is 10.1 Å². The Morgan fingerprint density at radius 1 is 0.946 bits per heavy atom. The molecule has 5 aromatic rings. The van der Waals surface area contributed by atoms with Gasteiger partial charge in [0.2, 0.25) is 5.82 Å². The number of rotatable bonds is 8. The molecule has 0 aliphatic rings. The van der Waals surface area contributed by atoms with Crippen LogP contribution >= 0.6 is 0 Å². The van der Waals surface area contributed by atoms with Crippen LogP contribution in [0, 0.1) is 13.8 Å². The molecule has 0 saturated carbocycles. The Kier molecular flexibility index (Phi) is 6.47. The summed E-state index contributed by atoms with van der Waals surface area (Å²) in [5.41, 5.74) is 4.67. The van der Waals surface area contributed by atoms with Gasteiger partial charge in [0.1, 0.15) is 11.5 Å². The summed E-state index contributed by atoms with van der Waals surface area (Å²) in [6, 6.07) is 12.9. The fraction of sp³-hybridized carbons (Fsp3) is 0.240. The number of aromatic nitrogens is 6. The third kappa shape index (κ3) is 6.02. The van der Waals surface area contributed by atoms with Crippen LogP contribution in [0.3, 0.4) is 0 Å². The molecular formula is C25H21F3N6O3. The van der Waals surface area contributed by atoms with Gasteiger partial charge in [0.25, 0.3) is 5.89 Å². The van der Waals surface area contributed by atoms with Crippen molar-refractivity contribution in [2.45, 2.75) is 39.6 Å². The van der Waals surface area contributed by atoms with Crippen molar-refractivity contribution in [2.75, 3.05) is 0 Å². The SMILES string of the molecule is Cc1cc(CCc2cc(Cn3nc(-c4nc(-c5ccc(OC(F)(F)F)cc5)no4)cc3C)ccn2)on1. The van der Waals surface area contributed by atoms with Gasteiger partial charge in [0.05, 0.1) is 12.2 Å². The van der Waals surface area contributed by atoms with Crippen LogP contribution in [0.1, 0.15) is 28.4 Å². The number of halogens is 3. The highest BCUT2D eigenvalue weighted by Gasteiger charge is 2.31. The predicted octanol–water partition coefficient (Wildman–Crippen LogP) is 5.33. The second-order valence-corrected chi connectivity index (χ2v) is 8.41. The molecule has 190 valence electrons. The highest BCUT2D eigenvalue weighted by molar-refractivity contribution is 5.58. The maximum absolute atomic E-state index is 12.4. The zero-order valence-electron chi connectivity index (χ0n) is 19.9. The van der Waals surface area contributed by atoms with Gasteiger partial charge in [-0.3, -0.25) is 9.67 Å². The average molecular weight is 510 g/mol. The molecule has 1 aromatic carbocycles. The highest BCUT2D eigenvalue weighted by atomic mass is 19.4. The van der Waals surface area contributed by atoms with Crippen molar-refractivity contribution in [1.82, 2.24) is 30.1 Å². The van der Waals surface area contributed by atoms with E-state index in [0.717, 1.165) is 34.8 Å². The van der Waals surface area contributed by atoms with Gasteiger partial charge in [-0.05, 0) is 68.3 Å². The minimum atomic E-state index is -4.76. The molecule has 0 aliphatic carbocycles. The summed E-state index contributed by atoms with van der Waals surface area (Å²) in [6.45, 7) is 4.32. The summed E-state index contributed by atoms with van der Waals surface area (Å²) in [4.78, 5) is 8.79. The Morgan fingerprint density at radius 3 is 2.49 bits per heavy atom. The Labute approximate surface area is 208 Å². The van der Waals surface area contributed by atoms with Crippen LogP contribution in [-0.4, -0.2) is 36.4 Å².